The fourth-order valence-corrected chi connectivity index (χ4v) is 13.6. The highest BCUT2D eigenvalue weighted by atomic mass is 31.2. The summed E-state index contributed by atoms with van der Waals surface area (Å²) >= 11 is 0. The summed E-state index contributed by atoms with van der Waals surface area (Å²) in [5, 5.41) is 10.6. The zero-order valence-electron chi connectivity index (χ0n) is 63.4. The number of esters is 4. The van der Waals surface area contributed by atoms with E-state index < -0.39 is 97.5 Å². The second-order valence-corrected chi connectivity index (χ2v) is 32.0. The van der Waals surface area contributed by atoms with Gasteiger partial charge in [-0.3, -0.25) is 37.3 Å². The quantitative estimate of drug-likeness (QED) is 0.0222. The smallest absolute Gasteiger partial charge is 0.462 e. The van der Waals surface area contributed by atoms with Crippen molar-refractivity contribution >= 4 is 39.5 Å². The predicted molar refractivity (Wildman–Crippen MR) is 395 cm³/mol. The van der Waals surface area contributed by atoms with Crippen LogP contribution in [0, 0.1) is 11.8 Å². The van der Waals surface area contributed by atoms with Crippen molar-refractivity contribution in [3.05, 3.63) is 0 Å². The van der Waals surface area contributed by atoms with Gasteiger partial charge in [-0.25, -0.2) is 9.13 Å². The second-order valence-electron chi connectivity index (χ2n) is 29.1. The van der Waals surface area contributed by atoms with E-state index in [4.69, 9.17) is 37.0 Å². The van der Waals surface area contributed by atoms with Crippen molar-refractivity contribution in [1.82, 2.24) is 0 Å². The molecule has 0 saturated heterocycles. The molecule has 0 radical (unpaired) electrons. The molecule has 0 saturated carbocycles. The van der Waals surface area contributed by atoms with Crippen LogP contribution >= 0.6 is 15.6 Å². The van der Waals surface area contributed by atoms with Gasteiger partial charge in [0, 0.05) is 25.7 Å². The summed E-state index contributed by atoms with van der Waals surface area (Å²) in [5.41, 5.74) is 0. The van der Waals surface area contributed by atoms with E-state index in [1.807, 2.05) is 0 Å². The predicted octanol–water partition coefficient (Wildman–Crippen LogP) is 23.1. The summed E-state index contributed by atoms with van der Waals surface area (Å²) in [4.78, 5) is 72.7. The topological polar surface area (TPSA) is 237 Å². The third-order valence-corrected chi connectivity index (χ3v) is 20.1. The van der Waals surface area contributed by atoms with Gasteiger partial charge < -0.3 is 33.8 Å². The molecule has 0 spiro atoms. The van der Waals surface area contributed by atoms with Crippen molar-refractivity contribution in [1.29, 1.82) is 0 Å². The molecule has 0 fully saturated rings. The van der Waals surface area contributed by atoms with Gasteiger partial charge in [0.2, 0.25) is 0 Å². The molecule has 2 unspecified atom stereocenters. The van der Waals surface area contributed by atoms with E-state index >= 15 is 0 Å². The highest BCUT2D eigenvalue weighted by molar-refractivity contribution is 7.47. The lowest BCUT2D eigenvalue weighted by Gasteiger charge is -2.21. The van der Waals surface area contributed by atoms with Crippen molar-refractivity contribution in [2.45, 2.75) is 426 Å². The Balaban J connectivity index is 5.17. The van der Waals surface area contributed by atoms with E-state index in [0.29, 0.717) is 25.7 Å². The fraction of sp³-hybridized carbons (Fsp3) is 0.949. The first-order chi connectivity index (χ1) is 46.9. The van der Waals surface area contributed by atoms with Gasteiger partial charge in [-0.2, -0.15) is 0 Å². The third kappa shape index (κ3) is 72.2. The van der Waals surface area contributed by atoms with Crippen LogP contribution in [0.4, 0.5) is 0 Å². The maximum absolute atomic E-state index is 13.1. The van der Waals surface area contributed by atoms with Gasteiger partial charge in [0.05, 0.1) is 26.4 Å². The first kappa shape index (κ1) is 95.1. The van der Waals surface area contributed by atoms with Crippen molar-refractivity contribution < 1.29 is 80.2 Å². The minimum Gasteiger partial charge on any atom is -0.462 e. The highest BCUT2D eigenvalue weighted by Gasteiger charge is 2.30. The summed E-state index contributed by atoms with van der Waals surface area (Å²) in [6, 6.07) is 0. The largest absolute Gasteiger partial charge is 0.472 e. The second kappa shape index (κ2) is 69.8. The number of ether oxygens (including phenoxy) is 4. The zero-order valence-corrected chi connectivity index (χ0v) is 65.2. The van der Waals surface area contributed by atoms with Crippen LogP contribution in [0.5, 0.6) is 0 Å². The van der Waals surface area contributed by atoms with Crippen LogP contribution in [0.25, 0.3) is 0 Å². The van der Waals surface area contributed by atoms with Crippen molar-refractivity contribution in [3.8, 4) is 0 Å². The number of phosphoric ester groups is 2. The summed E-state index contributed by atoms with van der Waals surface area (Å²) in [6.45, 7) is 9.57. The van der Waals surface area contributed by atoms with Crippen LogP contribution in [0.15, 0.2) is 0 Å². The van der Waals surface area contributed by atoms with Crippen molar-refractivity contribution in [2.75, 3.05) is 39.6 Å². The van der Waals surface area contributed by atoms with Crippen molar-refractivity contribution in [3.63, 3.8) is 0 Å². The van der Waals surface area contributed by atoms with Gasteiger partial charge in [0.15, 0.2) is 12.2 Å². The SMILES string of the molecule is CCCCCCCCCCCCCCCCCCCCCC(=O)OC[C@H](COP(=O)(O)OC[C@@H](O)COP(=O)(O)OC[C@@H](COC(=O)CCCCCCCCC)OC(=O)CCCCCCCCCCCC(C)C)OC(=O)CCCCCCCCCCCCCCCCCCC(C)C. The molecule has 576 valence electrons. The standard InChI is InChI=1S/C78H152O17P2/c1-7-9-11-13-15-16-17-18-19-20-21-22-26-29-32-37-43-49-55-61-76(81)89-67-74(95-77(82)62-56-50-44-38-33-30-27-24-23-25-28-31-35-41-46-52-58-70(3)4)69-93-97(86,87)91-65-72(79)64-90-96(84,85)92-68-73(66-88-75(80)60-54-48-40-14-12-10-8-2)94-78(83)63-57-51-45-39-34-36-42-47-53-59-71(5)6/h70-74,79H,7-69H2,1-6H3,(H,84,85)(H,86,87)/t72-,73+,74+/m0/s1. The molecular weight excluding hydrogens is 1270 g/mol. The molecule has 0 heterocycles. The van der Waals surface area contributed by atoms with Crippen LogP contribution in [0.1, 0.15) is 408 Å². The minimum atomic E-state index is -4.96. The van der Waals surface area contributed by atoms with E-state index in [2.05, 4.69) is 41.5 Å². The summed E-state index contributed by atoms with van der Waals surface area (Å²) in [5.74, 6) is -0.573. The molecule has 0 rings (SSSR count). The van der Waals surface area contributed by atoms with Gasteiger partial charge in [0.25, 0.3) is 0 Å². The number of hydrogen-bond acceptors (Lipinski definition) is 15. The van der Waals surface area contributed by atoms with Crippen LogP contribution in [0.2, 0.25) is 0 Å². The van der Waals surface area contributed by atoms with E-state index in [1.165, 1.54) is 212 Å². The van der Waals surface area contributed by atoms with Crippen molar-refractivity contribution in [2.24, 2.45) is 11.8 Å². The molecule has 0 aromatic rings. The Hall–Kier alpha value is -1.94. The molecule has 0 aliphatic rings. The molecule has 0 aromatic carbocycles. The Kier molecular flexibility index (Phi) is 68.4. The Morgan fingerprint density at radius 1 is 0.278 bits per heavy atom. The number of phosphoric acid groups is 2. The van der Waals surface area contributed by atoms with Gasteiger partial charge in [-0.15, -0.1) is 0 Å². The normalized spacial score (nSPS) is 14.0. The molecule has 0 aliphatic carbocycles. The maximum atomic E-state index is 13.1. The lowest BCUT2D eigenvalue weighted by molar-refractivity contribution is -0.161. The zero-order chi connectivity index (χ0) is 71.4. The Morgan fingerprint density at radius 2 is 0.474 bits per heavy atom. The van der Waals surface area contributed by atoms with E-state index in [-0.39, 0.29) is 25.7 Å². The van der Waals surface area contributed by atoms with Crippen LogP contribution in [-0.2, 0) is 65.4 Å². The maximum Gasteiger partial charge on any atom is 0.472 e. The number of carbonyl (C=O) groups excluding carboxylic acids is 4. The number of unbranched alkanes of at least 4 members (excludes halogenated alkanes) is 47. The Labute approximate surface area is 594 Å². The van der Waals surface area contributed by atoms with Gasteiger partial charge in [-0.1, -0.05) is 356 Å². The fourth-order valence-electron chi connectivity index (χ4n) is 12.0. The minimum absolute atomic E-state index is 0.105. The summed E-state index contributed by atoms with van der Waals surface area (Å²) in [7, 11) is -9.91. The van der Waals surface area contributed by atoms with E-state index in [0.717, 1.165) is 115 Å². The van der Waals surface area contributed by atoms with Crippen LogP contribution in [-0.4, -0.2) is 96.7 Å². The van der Waals surface area contributed by atoms with Gasteiger partial charge >= 0.3 is 39.5 Å². The average Bonchev–Trinajstić information content (AvgIpc) is 1.90. The first-order valence-electron chi connectivity index (χ1n) is 40.5. The average molecular weight is 1420 g/mol. The molecule has 3 N–H and O–H groups in total. The molecule has 0 aliphatic heterocycles. The Morgan fingerprint density at radius 3 is 0.701 bits per heavy atom. The van der Waals surface area contributed by atoms with Gasteiger partial charge in [0.1, 0.15) is 19.3 Å². The lowest BCUT2D eigenvalue weighted by Crippen LogP contribution is -2.30. The number of aliphatic hydroxyl groups is 1. The molecule has 17 nitrogen and oxygen atoms in total. The first-order valence-corrected chi connectivity index (χ1v) is 43.5. The number of aliphatic hydroxyl groups excluding tert-OH is 1. The van der Waals surface area contributed by atoms with Crippen LogP contribution in [0.3, 0.4) is 0 Å². The highest BCUT2D eigenvalue weighted by Crippen LogP contribution is 2.45. The third-order valence-electron chi connectivity index (χ3n) is 18.2. The lowest BCUT2D eigenvalue weighted by atomic mass is 10.0. The van der Waals surface area contributed by atoms with Gasteiger partial charge in [-0.05, 0) is 37.5 Å². The molecule has 0 bridgehead atoms. The number of hydrogen-bond donors (Lipinski definition) is 3. The van der Waals surface area contributed by atoms with E-state index in [9.17, 15) is 43.2 Å². The number of rotatable bonds is 77. The molecule has 0 amide bonds. The van der Waals surface area contributed by atoms with Crippen LogP contribution < -0.4 is 0 Å². The molecule has 0 aromatic heterocycles. The molecule has 5 atom stereocenters. The summed E-state index contributed by atoms with van der Waals surface area (Å²) in [6.07, 6.45) is 58.6. The number of carbonyl (C=O) groups is 4. The molecule has 19 heteroatoms. The molecule has 97 heavy (non-hydrogen) atoms. The van der Waals surface area contributed by atoms with E-state index in [1.54, 1.807) is 0 Å². The monoisotopic (exact) mass is 1420 g/mol. The Bertz CT molecular complexity index is 1870. The summed E-state index contributed by atoms with van der Waals surface area (Å²) < 4.78 is 68.5. The molecular formula is C78H152O17P2.